The van der Waals surface area contributed by atoms with Crippen molar-refractivity contribution >= 4 is 23.1 Å². The Labute approximate surface area is 137 Å². The number of esters is 1. The minimum atomic E-state index is -2.76. The number of aromatic nitrogens is 2. The fraction of sp³-hybridized carbons (Fsp3) is 0.111. The standard InChI is InChI=1S/C18H14F2N2O2/c19-18(20)22-15-9-5-4-8-14(15)21-16(22)12-24-17(23)11-10-13-6-2-1-3-7-13/h1-11,18H,12H2/b11-10+. The third kappa shape index (κ3) is 3.48. The van der Waals surface area contributed by atoms with Crippen LogP contribution < -0.4 is 0 Å². The molecule has 0 aliphatic heterocycles. The summed E-state index contributed by atoms with van der Waals surface area (Å²) in [6.45, 7) is -3.08. The molecular formula is C18H14F2N2O2. The van der Waals surface area contributed by atoms with Crippen molar-refractivity contribution < 1.29 is 18.3 Å². The van der Waals surface area contributed by atoms with Crippen LogP contribution in [0.2, 0.25) is 0 Å². The zero-order valence-corrected chi connectivity index (χ0v) is 12.6. The average Bonchev–Trinajstić information content (AvgIpc) is 2.97. The fourth-order valence-electron chi connectivity index (χ4n) is 2.33. The largest absolute Gasteiger partial charge is 0.454 e. The first-order valence-electron chi connectivity index (χ1n) is 7.29. The lowest BCUT2D eigenvalue weighted by Crippen LogP contribution is -2.09. The molecule has 0 spiro atoms. The summed E-state index contributed by atoms with van der Waals surface area (Å²) in [5.41, 5.74) is 1.58. The second-order valence-corrected chi connectivity index (χ2v) is 5.02. The molecule has 3 aromatic rings. The van der Waals surface area contributed by atoms with E-state index in [0.717, 1.165) is 10.1 Å². The van der Waals surface area contributed by atoms with Gasteiger partial charge in [-0.15, -0.1) is 0 Å². The summed E-state index contributed by atoms with van der Waals surface area (Å²) < 4.78 is 32.3. The second-order valence-electron chi connectivity index (χ2n) is 5.02. The van der Waals surface area contributed by atoms with Crippen molar-refractivity contribution in [2.75, 3.05) is 0 Å². The molecule has 2 aromatic carbocycles. The van der Waals surface area contributed by atoms with E-state index in [-0.39, 0.29) is 12.4 Å². The van der Waals surface area contributed by atoms with E-state index in [0.29, 0.717) is 11.0 Å². The van der Waals surface area contributed by atoms with Gasteiger partial charge in [0.15, 0.2) is 5.82 Å². The van der Waals surface area contributed by atoms with Gasteiger partial charge < -0.3 is 4.74 Å². The Balaban J connectivity index is 1.72. The molecule has 24 heavy (non-hydrogen) atoms. The molecule has 0 saturated heterocycles. The number of para-hydroxylation sites is 2. The number of alkyl halides is 2. The number of ether oxygens (including phenoxy) is 1. The van der Waals surface area contributed by atoms with Crippen LogP contribution in [0.3, 0.4) is 0 Å². The summed E-state index contributed by atoms with van der Waals surface area (Å²) in [7, 11) is 0. The van der Waals surface area contributed by atoms with Crippen LogP contribution >= 0.6 is 0 Å². The maximum atomic E-state index is 13.3. The second kappa shape index (κ2) is 7.04. The van der Waals surface area contributed by atoms with Gasteiger partial charge in [-0.05, 0) is 23.8 Å². The number of benzene rings is 2. The highest BCUT2D eigenvalue weighted by molar-refractivity contribution is 5.87. The Morgan fingerprint density at radius 3 is 2.58 bits per heavy atom. The van der Waals surface area contributed by atoms with E-state index < -0.39 is 12.5 Å². The Morgan fingerprint density at radius 2 is 1.83 bits per heavy atom. The van der Waals surface area contributed by atoms with Crippen LogP contribution in [0.25, 0.3) is 17.1 Å². The highest BCUT2D eigenvalue weighted by atomic mass is 19.3. The number of imidazole rings is 1. The number of carbonyl (C=O) groups is 1. The van der Waals surface area contributed by atoms with Crippen LogP contribution in [-0.4, -0.2) is 15.5 Å². The van der Waals surface area contributed by atoms with Crippen molar-refractivity contribution in [2.45, 2.75) is 13.2 Å². The Morgan fingerprint density at radius 1 is 1.12 bits per heavy atom. The van der Waals surface area contributed by atoms with E-state index in [2.05, 4.69) is 4.98 Å². The molecule has 0 bridgehead atoms. The third-order valence-corrected chi connectivity index (χ3v) is 3.42. The summed E-state index contributed by atoms with van der Waals surface area (Å²) in [6, 6.07) is 15.8. The van der Waals surface area contributed by atoms with Crippen molar-refractivity contribution in [1.29, 1.82) is 0 Å². The van der Waals surface area contributed by atoms with Crippen molar-refractivity contribution in [3.8, 4) is 0 Å². The summed E-state index contributed by atoms with van der Waals surface area (Å²) in [4.78, 5) is 15.9. The lowest BCUT2D eigenvalue weighted by Gasteiger charge is -2.07. The number of carbonyl (C=O) groups excluding carboxylic acids is 1. The maximum Gasteiger partial charge on any atom is 0.331 e. The van der Waals surface area contributed by atoms with Gasteiger partial charge in [-0.3, -0.25) is 4.57 Å². The van der Waals surface area contributed by atoms with Crippen LogP contribution in [0.5, 0.6) is 0 Å². The molecule has 0 N–H and O–H groups in total. The van der Waals surface area contributed by atoms with E-state index in [1.165, 1.54) is 6.08 Å². The summed E-state index contributed by atoms with van der Waals surface area (Å²) in [5.74, 6) is -0.612. The van der Waals surface area contributed by atoms with Gasteiger partial charge in [0.1, 0.15) is 6.61 Å². The Bertz CT molecular complexity index is 873. The highest BCUT2D eigenvalue weighted by Gasteiger charge is 2.18. The predicted octanol–water partition coefficient (Wildman–Crippen LogP) is 4.19. The molecule has 0 radical (unpaired) electrons. The number of hydrogen-bond donors (Lipinski definition) is 0. The highest BCUT2D eigenvalue weighted by Crippen LogP contribution is 2.23. The van der Waals surface area contributed by atoms with Gasteiger partial charge in [0.2, 0.25) is 0 Å². The van der Waals surface area contributed by atoms with Gasteiger partial charge in [0.25, 0.3) is 0 Å². The van der Waals surface area contributed by atoms with Gasteiger partial charge in [0.05, 0.1) is 11.0 Å². The van der Waals surface area contributed by atoms with Crippen LogP contribution in [0.15, 0.2) is 60.7 Å². The lowest BCUT2D eigenvalue weighted by atomic mass is 10.2. The number of nitrogens with zero attached hydrogens (tertiary/aromatic N) is 2. The van der Waals surface area contributed by atoms with Gasteiger partial charge in [-0.2, -0.15) is 8.78 Å². The summed E-state index contributed by atoms with van der Waals surface area (Å²) in [6.07, 6.45) is 2.85. The molecular weight excluding hydrogens is 314 g/mol. The fourth-order valence-corrected chi connectivity index (χ4v) is 2.33. The molecule has 1 heterocycles. The molecule has 0 atom stereocenters. The number of hydrogen-bond acceptors (Lipinski definition) is 3. The first-order valence-corrected chi connectivity index (χ1v) is 7.29. The minimum absolute atomic E-state index is 0.00709. The van der Waals surface area contributed by atoms with Crippen LogP contribution in [0.1, 0.15) is 17.9 Å². The van der Waals surface area contributed by atoms with Crippen LogP contribution in [0, 0.1) is 0 Å². The molecule has 0 aliphatic rings. The summed E-state index contributed by atoms with van der Waals surface area (Å²) in [5, 5.41) is 0. The smallest absolute Gasteiger partial charge is 0.331 e. The monoisotopic (exact) mass is 328 g/mol. The molecule has 3 rings (SSSR count). The van der Waals surface area contributed by atoms with Crippen molar-refractivity contribution in [1.82, 2.24) is 9.55 Å². The molecule has 122 valence electrons. The predicted molar refractivity (Wildman–Crippen MR) is 86.3 cm³/mol. The molecule has 0 amide bonds. The topological polar surface area (TPSA) is 44.1 Å². The number of rotatable bonds is 5. The Hall–Kier alpha value is -3.02. The first kappa shape index (κ1) is 15.9. The van der Waals surface area contributed by atoms with Gasteiger partial charge in [-0.25, -0.2) is 9.78 Å². The van der Waals surface area contributed by atoms with Gasteiger partial charge >= 0.3 is 12.5 Å². The molecule has 0 saturated carbocycles. The zero-order valence-electron chi connectivity index (χ0n) is 12.6. The minimum Gasteiger partial charge on any atom is -0.454 e. The molecule has 0 fully saturated rings. The Kier molecular flexibility index (Phi) is 4.65. The molecule has 4 nitrogen and oxygen atoms in total. The molecule has 0 aliphatic carbocycles. The van der Waals surface area contributed by atoms with Crippen LogP contribution in [0.4, 0.5) is 8.78 Å². The first-order chi connectivity index (χ1) is 11.6. The third-order valence-electron chi connectivity index (χ3n) is 3.42. The quantitative estimate of drug-likeness (QED) is 0.521. The number of halogens is 2. The molecule has 1 aromatic heterocycles. The molecule has 0 unspecified atom stereocenters. The van der Waals surface area contributed by atoms with E-state index in [9.17, 15) is 13.6 Å². The molecule has 6 heteroatoms. The maximum absolute atomic E-state index is 13.3. The van der Waals surface area contributed by atoms with E-state index in [4.69, 9.17) is 4.74 Å². The SMILES string of the molecule is O=C(/C=C/c1ccccc1)OCc1nc2ccccc2n1C(F)F. The number of fused-ring (bicyclic) bond motifs is 1. The van der Waals surface area contributed by atoms with Crippen LogP contribution in [-0.2, 0) is 16.1 Å². The van der Waals surface area contributed by atoms with E-state index >= 15 is 0 Å². The van der Waals surface area contributed by atoms with E-state index in [1.807, 2.05) is 30.3 Å². The van der Waals surface area contributed by atoms with Crippen molar-refractivity contribution in [2.24, 2.45) is 0 Å². The van der Waals surface area contributed by atoms with Gasteiger partial charge in [-0.1, -0.05) is 42.5 Å². The zero-order chi connectivity index (χ0) is 16.9. The van der Waals surface area contributed by atoms with Crippen molar-refractivity contribution in [3.63, 3.8) is 0 Å². The lowest BCUT2D eigenvalue weighted by molar-refractivity contribution is -0.139. The van der Waals surface area contributed by atoms with E-state index in [1.54, 1.807) is 30.3 Å². The normalized spacial score (nSPS) is 11.5. The average molecular weight is 328 g/mol. The van der Waals surface area contributed by atoms with Gasteiger partial charge in [0, 0.05) is 6.08 Å². The van der Waals surface area contributed by atoms with Crippen molar-refractivity contribution in [3.05, 3.63) is 72.1 Å². The summed E-state index contributed by atoms with van der Waals surface area (Å²) >= 11 is 0.